The van der Waals surface area contributed by atoms with E-state index in [9.17, 15) is 9.18 Å². The van der Waals surface area contributed by atoms with Crippen LogP contribution in [0.3, 0.4) is 0 Å². The van der Waals surface area contributed by atoms with Gasteiger partial charge in [0.1, 0.15) is 16.5 Å². The molecule has 0 spiro atoms. The van der Waals surface area contributed by atoms with E-state index in [4.69, 9.17) is 0 Å². The number of aromatic nitrogens is 5. The first kappa shape index (κ1) is 18.8. The van der Waals surface area contributed by atoms with Crippen LogP contribution in [0.2, 0.25) is 0 Å². The Morgan fingerprint density at radius 2 is 1.93 bits per heavy atom. The number of thiophene rings is 1. The van der Waals surface area contributed by atoms with Crippen molar-refractivity contribution in [2.75, 3.05) is 0 Å². The molecule has 0 fully saturated rings. The summed E-state index contributed by atoms with van der Waals surface area (Å²) >= 11 is 2.99. The molecule has 4 rings (SSSR count). The number of rotatable bonds is 4. The third-order valence-electron chi connectivity index (χ3n) is 4.66. The zero-order valence-electron chi connectivity index (χ0n) is 15.8. The lowest BCUT2D eigenvalue weighted by molar-refractivity contribution is 0.628. The number of halogens is 1. The number of H-pyrrole nitrogens is 1. The van der Waals surface area contributed by atoms with Crippen LogP contribution < -0.4 is 5.56 Å². The first-order valence-electron chi connectivity index (χ1n) is 8.67. The molecule has 0 aliphatic heterocycles. The SMILES string of the molecule is Cc1sc2nc([C@H](C)Sc3nnc(-c4ccc(F)cc4)n3C)[nH]c(=O)c2c1C. The van der Waals surface area contributed by atoms with Gasteiger partial charge in [0.25, 0.3) is 5.56 Å². The van der Waals surface area contributed by atoms with Crippen molar-refractivity contribution in [2.24, 2.45) is 7.05 Å². The number of nitrogens with one attached hydrogen (secondary N) is 1. The van der Waals surface area contributed by atoms with E-state index in [1.165, 1.54) is 35.2 Å². The number of thioether (sulfide) groups is 1. The third kappa shape index (κ3) is 3.24. The molecule has 0 aliphatic carbocycles. The molecule has 3 aromatic heterocycles. The van der Waals surface area contributed by atoms with Gasteiger partial charge in [-0.05, 0) is 50.6 Å². The molecule has 0 unspecified atom stereocenters. The highest BCUT2D eigenvalue weighted by Gasteiger charge is 2.19. The van der Waals surface area contributed by atoms with Crippen molar-refractivity contribution in [1.82, 2.24) is 24.7 Å². The van der Waals surface area contributed by atoms with Gasteiger partial charge < -0.3 is 9.55 Å². The Morgan fingerprint density at radius 1 is 1.21 bits per heavy atom. The number of nitrogens with zero attached hydrogens (tertiary/aromatic N) is 4. The standard InChI is InChI=1S/C19H18FN5OS2/c1-9-10(2)27-18-14(9)17(26)21-15(22-18)11(3)28-19-24-23-16(25(19)4)12-5-7-13(20)8-6-12/h5-8,11H,1-4H3,(H,21,22,26)/t11-/m0/s1. The fourth-order valence-electron chi connectivity index (χ4n) is 2.95. The highest BCUT2D eigenvalue weighted by Crippen LogP contribution is 2.34. The van der Waals surface area contributed by atoms with Gasteiger partial charge in [-0.15, -0.1) is 21.5 Å². The zero-order valence-corrected chi connectivity index (χ0v) is 17.4. The second-order valence-electron chi connectivity index (χ2n) is 6.55. The summed E-state index contributed by atoms with van der Waals surface area (Å²) in [5, 5.41) is 9.71. The molecule has 1 aromatic carbocycles. The fourth-order valence-corrected chi connectivity index (χ4v) is 4.85. The second-order valence-corrected chi connectivity index (χ2v) is 9.06. The monoisotopic (exact) mass is 415 g/mol. The lowest BCUT2D eigenvalue weighted by Gasteiger charge is -2.10. The van der Waals surface area contributed by atoms with Gasteiger partial charge in [-0.25, -0.2) is 9.37 Å². The normalized spacial score (nSPS) is 12.6. The van der Waals surface area contributed by atoms with Crippen LogP contribution in [-0.2, 0) is 7.05 Å². The number of hydrogen-bond acceptors (Lipinski definition) is 6. The van der Waals surface area contributed by atoms with Crippen LogP contribution in [0.5, 0.6) is 0 Å². The molecule has 9 heteroatoms. The summed E-state index contributed by atoms with van der Waals surface area (Å²) in [4.78, 5) is 21.9. The Hall–Kier alpha value is -2.52. The summed E-state index contributed by atoms with van der Waals surface area (Å²) < 4.78 is 15.0. The van der Waals surface area contributed by atoms with Crippen LogP contribution in [0.1, 0.15) is 28.4 Å². The second kappa shape index (κ2) is 7.14. The number of fused-ring (bicyclic) bond motifs is 1. The smallest absolute Gasteiger partial charge is 0.259 e. The van der Waals surface area contributed by atoms with Gasteiger partial charge in [-0.1, -0.05) is 11.8 Å². The van der Waals surface area contributed by atoms with Crippen LogP contribution in [-0.4, -0.2) is 24.7 Å². The van der Waals surface area contributed by atoms with Crippen LogP contribution in [0.4, 0.5) is 4.39 Å². The fraction of sp³-hybridized carbons (Fsp3) is 0.263. The summed E-state index contributed by atoms with van der Waals surface area (Å²) in [7, 11) is 1.86. The molecular weight excluding hydrogens is 397 g/mol. The van der Waals surface area contributed by atoms with Gasteiger partial charge in [-0.2, -0.15) is 0 Å². The molecule has 144 valence electrons. The first-order valence-corrected chi connectivity index (χ1v) is 10.4. The Morgan fingerprint density at radius 3 is 2.64 bits per heavy atom. The van der Waals surface area contributed by atoms with E-state index >= 15 is 0 Å². The van der Waals surface area contributed by atoms with Gasteiger partial charge in [-0.3, -0.25) is 4.79 Å². The maximum Gasteiger partial charge on any atom is 0.259 e. The molecule has 1 atom stereocenters. The summed E-state index contributed by atoms with van der Waals surface area (Å²) in [5.41, 5.74) is 1.66. The minimum Gasteiger partial charge on any atom is -0.309 e. The van der Waals surface area contributed by atoms with Gasteiger partial charge in [0.15, 0.2) is 11.0 Å². The predicted octanol–water partition coefficient (Wildman–Crippen LogP) is 4.39. The van der Waals surface area contributed by atoms with Crippen molar-refractivity contribution in [1.29, 1.82) is 0 Å². The van der Waals surface area contributed by atoms with Crippen molar-refractivity contribution in [3.63, 3.8) is 0 Å². The minimum absolute atomic E-state index is 0.112. The van der Waals surface area contributed by atoms with Crippen molar-refractivity contribution in [2.45, 2.75) is 31.2 Å². The summed E-state index contributed by atoms with van der Waals surface area (Å²) in [6.45, 7) is 5.91. The predicted molar refractivity (Wildman–Crippen MR) is 110 cm³/mol. The topological polar surface area (TPSA) is 76.5 Å². The molecule has 0 amide bonds. The molecular formula is C19H18FN5OS2. The van der Waals surface area contributed by atoms with E-state index in [1.807, 2.05) is 32.4 Å². The van der Waals surface area contributed by atoms with E-state index in [2.05, 4.69) is 20.2 Å². The molecule has 0 saturated heterocycles. The average Bonchev–Trinajstić information content (AvgIpc) is 3.16. The van der Waals surface area contributed by atoms with Gasteiger partial charge in [0.05, 0.1) is 10.6 Å². The van der Waals surface area contributed by atoms with E-state index in [0.717, 1.165) is 20.8 Å². The Balaban J connectivity index is 1.64. The van der Waals surface area contributed by atoms with Crippen LogP contribution in [0.15, 0.2) is 34.2 Å². The van der Waals surface area contributed by atoms with Gasteiger partial charge in [0, 0.05) is 17.5 Å². The maximum atomic E-state index is 13.2. The molecule has 6 nitrogen and oxygen atoms in total. The van der Waals surface area contributed by atoms with E-state index in [1.54, 1.807) is 12.1 Å². The summed E-state index contributed by atoms with van der Waals surface area (Å²) in [6, 6.07) is 6.14. The van der Waals surface area contributed by atoms with Crippen LogP contribution in [0, 0.1) is 19.7 Å². The lowest BCUT2D eigenvalue weighted by Crippen LogP contribution is -2.12. The number of benzene rings is 1. The highest BCUT2D eigenvalue weighted by atomic mass is 32.2. The zero-order chi connectivity index (χ0) is 20.0. The van der Waals surface area contributed by atoms with Gasteiger partial charge >= 0.3 is 0 Å². The number of hydrogen-bond donors (Lipinski definition) is 1. The molecule has 0 bridgehead atoms. The highest BCUT2D eigenvalue weighted by molar-refractivity contribution is 7.99. The Bertz CT molecular complexity index is 1230. The van der Waals surface area contributed by atoms with Crippen LogP contribution >= 0.6 is 23.1 Å². The molecule has 3 heterocycles. The molecule has 0 aliphatic rings. The first-order chi connectivity index (χ1) is 13.3. The molecule has 4 aromatic rings. The van der Waals surface area contributed by atoms with Crippen molar-refractivity contribution < 1.29 is 4.39 Å². The van der Waals surface area contributed by atoms with E-state index in [-0.39, 0.29) is 16.6 Å². The van der Waals surface area contributed by atoms with E-state index < -0.39 is 0 Å². The molecule has 1 N–H and O–H groups in total. The molecule has 0 radical (unpaired) electrons. The largest absolute Gasteiger partial charge is 0.309 e. The van der Waals surface area contributed by atoms with E-state index in [0.29, 0.717) is 22.2 Å². The van der Waals surface area contributed by atoms with Crippen molar-refractivity contribution in [3.05, 3.63) is 56.7 Å². The maximum absolute atomic E-state index is 13.2. The van der Waals surface area contributed by atoms with Crippen LogP contribution in [0.25, 0.3) is 21.6 Å². The third-order valence-corrected chi connectivity index (χ3v) is 6.91. The Kier molecular flexibility index (Phi) is 4.80. The number of aryl methyl sites for hydroxylation is 2. The quantitative estimate of drug-likeness (QED) is 0.500. The van der Waals surface area contributed by atoms with Crippen molar-refractivity contribution >= 4 is 33.3 Å². The lowest BCUT2D eigenvalue weighted by atomic mass is 10.2. The minimum atomic E-state index is -0.293. The Labute approximate surface area is 168 Å². The molecule has 28 heavy (non-hydrogen) atoms. The summed E-state index contributed by atoms with van der Waals surface area (Å²) in [6.07, 6.45) is 0. The number of aromatic amines is 1. The van der Waals surface area contributed by atoms with Gasteiger partial charge in [0.2, 0.25) is 0 Å². The molecule has 0 saturated carbocycles. The average molecular weight is 416 g/mol. The summed E-state index contributed by atoms with van der Waals surface area (Å²) in [5.74, 6) is 0.963. The van der Waals surface area contributed by atoms with Crippen molar-refractivity contribution in [3.8, 4) is 11.4 Å².